The fourth-order valence-corrected chi connectivity index (χ4v) is 4.28. The van der Waals surface area contributed by atoms with E-state index in [-0.39, 0.29) is 5.91 Å². The molecule has 4 rings (SSSR count). The van der Waals surface area contributed by atoms with Crippen LogP contribution in [0.25, 0.3) is 11.3 Å². The number of benzene rings is 1. The number of allylic oxidation sites excluding steroid dienone is 1. The molecule has 1 fully saturated rings. The number of anilines is 1. The van der Waals surface area contributed by atoms with Crippen LogP contribution in [-0.2, 0) is 4.79 Å². The Balaban J connectivity index is 1.39. The van der Waals surface area contributed by atoms with Crippen molar-refractivity contribution < 1.29 is 4.79 Å². The number of amides is 1. The minimum absolute atomic E-state index is 0.259. The second-order valence-corrected chi connectivity index (χ2v) is 7.90. The minimum Gasteiger partial charge on any atom is -0.370 e. The first kappa shape index (κ1) is 20.0. The van der Waals surface area contributed by atoms with Gasteiger partial charge in [-0.2, -0.15) is 0 Å². The monoisotopic (exact) mass is 417 g/mol. The van der Waals surface area contributed by atoms with E-state index in [4.69, 9.17) is 6.42 Å². The summed E-state index contributed by atoms with van der Waals surface area (Å²) in [6.07, 6.45) is 10.0. The van der Waals surface area contributed by atoms with Gasteiger partial charge in [0.15, 0.2) is 5.82 Å². The molecule has 0 radical (unpaired) electrons. The van der Waals surface area contributed by atoms with Crippen LogP contribution in [0, 0.1) is 12.3 Å². The molecule has 1 amide bonds. The summed E-state index contributed by atoms with van der Waals surface area (Å²) in [6, 6.07) is 11.9. The molecule has 7 heteroatoms. The molecule has 30 heavy (non-hydrogen) atoms. The summed E-state index contributed by atoms with van der Waals surface area (Å²) in [4.78, 5) is 22.6. The fraction of sp³-hybridized carbons (Fsp3) is 0.261. The van der Waals surface area contributed by atoms with Gasteiger partial charge in [0.25, 0.3) is 0 Å². The second kappa shape index (κ2) is 9.51. The van der Waals surface area contributed by atoms with Crippen LogP contribution in [0.3, 0.4) is 0 Å². The van der Waals surface area contributed by atoms with Gasteiger partial charge in [-0.15, -0.1) is 6.42 Å². The van der Waals surface area contributed by atoms with E-state index in [2.05, 4.69) is 38.7 Å². The van der Waals surface area contributed by atoms with Crippen LogP contribution in [0.5, 0.6) is 0 Å². The van der Waals surface area contributed by atoms with Crippen molar-refractivity contribution in [2.45, 2.75) is 19.3 Å². The smallest absolute Gasteiger partial charge is 0.222 e. The lowest BCUT2D eigenvalue weighted by Crippen LogP contribution is -2.27. The third-order valence-corrected chi connectivity index (χ3v) is 5.86. The summed E-state index contributed by atoms with van der Waals surface area (Å²) < 4.78 is 0. The Kier molecular flexibility index (Phi) is 6.35. The number of terminal acetylenes is 1. The zero-order chi connectivity index (χ0) is 20.8. The fourth-order valence-electron chi connectivity index (χ4n) is 3.41. The molecule has 3 heterocycles. The van der Waals surface area contributed by atoms with Gasteiger partial charge in [-0.1, -0.05) is 48.0 Å². The van der Waals surface area contributed by atoms with Gasteiger partial charge in [0.1, 0.15) is 5.82 Å². The van der Waals surface area contributed by atoms with E-state index in [1.165, 1.54) is 0 Å². The number of carbonyl (C=O) groups is 1. The molecule has 0 bridgehead atoms. The van der Waals surface area contributed by atoms with Crippen molar-refractivity contribution in [3.8, 4) is 12.3 Å². The van der Waals surface area contributed by atoms with Gasteiger partial charge >= 0.3 is 0 Å². The van der Waals surface area contributed by atoms with Crippen molar-refractivity contribution in [1.29, 1.82) is 0 Å². The molecule has 6 nitrogen and oxygen atoms in total. The summed E-state index contributed by atoms with van der Waals surface area (Å²) in [5.41, 5.74) is 2.74. The van der Waals surface area contributed by atoms with Crippen molar-refractivity contribution in [1.82, 2.24) is 20.2 Å². The second-order valence-electron chi connectivity index (χ2n) is 7.02. The predicted molar refractivity (Wildman–Crippen MR) is 122 cm³/mol. The molecule has 0 atom stereocenters. The first-order valence-corrected chi connectivity index (χ1v) is 10.9. The molecule has 2 aromatic rings. The molecular weight excluding hydrogens is 394 g/mol. The van der Waals surface area contributed by atoms with Crippen LogP contribution in [0.4, 0.5) is 5.82 Å². The molecule has 1 saturated heterocycles. The van der Waals surface area contributed by atoms with Crippen LogP contribution in [-0.4, -0.2) is 40.4 Å². The molecule has 1 aromatic carbocycles. The number of nitrogens with one attached hydrogen (secondary N) is 2. The summed E-state index contributed by atoms with van der Waals surface area (Å²) in [5.74, 6) is 4.23. The number of rotatable bonds is 7. The predicted octanol–water partition coefficient (Wildman–Crippen LogP) is 3.54. The Morgan fingerprint density at radius 1 is 1.30 bits per heavy atom. The zero-order valence-corrected chi connectivity index (χ0v) is 17.4. The number of aromatic nitrogens is 2. The third-order valence-electron chi connectivity index (χ3n) is 4.96. The van der Waals surface area contributed by atoms with Crippen LogP contribution >= 0.6 is 11.8 Å². The molecule has 1 aromatic heterocycles. The van der Waals surface area contributed by atoms with E-state index in [0.29, 0.717) is 17.8 Å². The summed E-state index contributed by atoms with van der Waals surface area (Å²) >= 11 is 1.54. The van der Waals surface area contributed by atoms with Crippen molar-refractivity contribution in [3.05, 3.63) is 64.4 Å². The summed E-state index contributed by atoms with van der Waals surface area (Å²) in [5, 5.41) is 9.59. The number of hydrogen-bond donors (Lipinski definition) is 2. The van der Waals surface area contributed by atoms with Gasteiger partial charge in [0.2, 0.25) is 5.91 Å². The van der Waals surface area contributed by atoms with E-state index in [1.54, 1.807) is 18.0 Å². The molecule has 0 unspecified atom stereocenters. The number of hydrogen-bond acceptors (Lipinski definition) is 6. The van der Waals surface area contributed by atoms with Gasteiger partial charge in [-0.3, -0.25) is 4.79 Å². The Morgan fingerprint density at radius 3 is 2.93 bits per heavy atom. The maximum Gasteiger partial charge on any atom is 0.222 e. The van der Waals surface area contributed by atoms with Crippen LogP contribution in [0.2, 0.25) is 0 Å². The number of likely N-dealkylation sites (tertiary alicyclic amines) is 1. The highest BCUT2D eigenvalue weighted by atomic mass is 32.2. The normalized spacial score (nSPS) is 17.4. The third kappa shape index (κ3) is 4.66. The molecule has 0 spiro atoms. The molecule has 2 N–H and O–H groups in total. The Bertz CT molecular complexity index is 1030. The van der Waals surface area contributed by atoms with Crippen LogP contribution in [0.15, 0.2) is 53.0 Å². The Morgan fingerprint density at radius 2 is 2.17 bits per heavy atom. The molecule has 0 saturated carbocycles. The highest BCUT2D eigenvalue weighted by Crippen LogP contribution is 2.34. The van der Waals surface area contributed by atoms with Gasteiger partial charge in [0.05, 0.1) is 16.3 Å². The van der Waals surface area contributed by atoms with Crippen LogP contribution in [0.1, 0.15) is 30.7 Å². The van der Waals surface area contributed by atoms with E-state index in [0.717, 1.165) is 54.6 Å². The lowest BCUT2D eigenvalue weighted by molar-refractivity contribution is -0.127. The maximum absolute atomic E-state index is 11.7. The topological polar surface area (TPSA) is 70.2 Å². The number of carbonyl (C=O) groups excluding carboxylic acids is 1. The van der Waals surface area contributed by atoms with Crippen molar-refractivity contribution in [2.75, 3.05) is 25.0 Å². The van der Waals surface area contributed by atoms with E-state index < -0.39 is 0 Å². The van der Waals surface area contributed by atoms with Crippen molar-refractivity contribution in [3.63, 3.8) is 0 Å². The lowest BCUT2D eigenvalue weighted by atomic mass is 10.2. The van der Waals surface area contributed by atoms with Gasteiger partial charge in [-0.05, 0) is 24.5 Å². The zero-order valence-electron chi connectivity index (χ0n) is 16.6. The summed E-state index contributed by atoms with van der Waals surface area (Å²) in [7, 11) is 0. The average Bonchev–Trinajstić information content (AvgIpc) is 3.42. The quantitative estimate of drug-likeness (QED) is 0.531. The van der Waals surface area contributed by atoms with Crippen molar-refractivity contribution >= 4 is 34.8 Å². The standard InChI is InChI=1S/C23H23N5OS/c1-2-18(23-26-19(16-30-23)17-8-4-3-5-9-17)22-25-13-11-20(27-22)24-12-7-15-28-14-6-10-21(28)29/h1,3-5,8-9,11,13,16,26H,6-7,10,12,14-15H2,(H,24,25,27)/b23-18-. The van der Waals surface area contributed by atoms with Gasteiger partial charge < -0.3 is 15.5 Å². The van der Waals surface area contributed by atoms with Crippen LogP contribution < -0.4 is 10.6 Å². The summed E-state index contributed by atoms with van der Waals surface area (Å²) in [6.45, 7) is 2.38. The largest absolute Gasteiger partial charge is 0.370 e. The van der Waals surface area contributed by atoms with Gasteiger partial charge in [-0.25, -0.2) is 9.97 Å². The van der Waals surface area contributed by atoms with E-state index in [1.807, 2.05) is 34.6 Å². The molecule has 152 valence electrons. The lowest BCUT2D eigenvalue weighted by Gasteiger charge is -2.15. The van der Waals surface area contributed by atoms with E-state index in [9.17, 15) is 4.79 Å². The molecular formula is C23H23N5OS. The molecule has 2 aliphatic heterocycles. The highest BCUT2D eigenvalue weighted by Gasteiger charge is 2.19. The Hall–Kier alpha value is -3.24. The highest BCUT2D eigenvalue weighted by molar-refractivity contribution is 8.06. The van der Waals surface area contributed by atoms with Crippen molar-refractivity contribution in [2.24, 2.45) is 0 Å². The average molecular weight is 418 g/mol. The number of thioether (sulfide) groups is 1. The van der Waals surface area contributed by atoms with E-state index >= 15 is 0 Å². The Labute approximate surface area is 180 Å². The minimum atomic E-state index is 0.259. The molecule has 0 aliphatic carbocycles. The first-order valence-electron chi connectivity index (χ1n) is 10.00. The maximum atomic E-state index is 11.7. The first-order chi connectivity index (χ1) is 14.7. The molecule has 2 aliphatic rings. The number of nitrogens with zero attached hydrogens (tertiary/aromatic N) is 3. The van der Waals surface area contributed by atoms with Gasteiger partial charge in [0, 0.05) is 37.7 Å². The SMILES string of the molecule is C#C/C(=C1\NC(c2ccccc2)=CS1)c1nccc(NCCCN2CCCC2=O)n1.